The number of nitrogens with two attached hydrogens (primary N) is 1. The van der Waals surface area contributed by atoms with Crippen molar-refractivity contribution in [1.29, 1.82) is 0 Å². The molecule has 0 spiro atoms. The van der Waals surface area contributed by atoms with Gasteiger partial charge in [0, 0.05) is 26.7 Å². The Balaban J connectivity index is 2.44. The molecular formula is C11H21N3O3. The molecule has 6 nitrogen and oxygen atoms in total. The fraction of sp³-hybridized carbons (Fsp3) is 0.818. The number of amides is 2. The number of ether oxygens (including phenoxy) is 1. The summed E-state index contributed by atoms with van der Waals surface area (Å²) in [7, 11) is 1.42. The maximum absolute atomic E-state index is 11.9. The van der Waals surface area contributed by atoms with Crippen LogP contribution in [0.3, 0.4) is 0 Å². The van der Waals surface area contributed by atoms with Crippen molar-refractivity contribution in [3.63, 3.8) is 0 Å². The number of rotatable bonds is 5. The maximum Gasteiger partial charge on any atom is 0.251 e. The first kappa shape index (κ1) is 13.9. The highest BCUT2D eigenvalue weighted by Gasteiger charge is 2.26. The summed E-state index contributed by atoms with van der Waals surface area (Å²) < 4.78 is 4.91. The Labute approximate surface area is 101 Å². The van der Waals surface area contributed by atoms with Crippen LogP contribution in [0, 0.1) is 0 Å². The Bertz CT molecular complexity index is 273. The smallest absolute Gasteiger partial charge is 0.251 e. The van der Waals surface area contributed by atoms with Crippen LogP contribution < -0.4 is 11.1 Å². The Morgan fingerprint density at radius 3 is 2.47 bits per heavy atom. The van der Waals surface area contributed by atoms with Crippen molar-refractivity contribution < 1.29 is 14.3 Å². The number of carbonyl (C=O) groups excluding carboxylic acids is 2. The van der Waals surface area contributed by atoms with Gasteiger partial charge in [0.2, 0.25) is 5.91 Å². The van der Waals surface area contributed by atoms with Gasteiger partial charge < -0.3 is 20.7 Å². The summed E-state index contributed by atoms with van der Waals surface area (Å²) in [6.07, 6.45) is 1.38. The zero-order chi connectivity index (χ0) is 12.8. The molecule has 0 aromatic heterocycles. The molecule has 0 aromatic carbocycles. The van der Waals surface area contributed by atoms with E-state index in [1.165, 1.54) is 7.11 Å². The summed E-state index contributed by atoms with van der Waals surface area (Å²) in [5, 5.41) is 2.62. The highest BCUT2D eigenvalue weighted by Crippen LogP contribution is 2.09. The third kappa shape index (κ3) is 3.67. The fourth-order valence-electron chi connectivity index (χ4n) is 1.89. The maximum atomic E-state index is 11.9. The zero-order valence-electron chi connectivity index (χ0n) is 10.4. The minimum absolute atomic E-state index is 0.0391. The summed E-state index contributed by atoms with van der Waals surface area (Å²) in [5.74, 6) is -0.377. The van der Waals surface area contributed by atoms with E-state index in [4.69, 9.17) is 10.5 Å². The highest BCUT2D eigenvalue weighted by atomic mass is 16.5. The van der Waals surface area contributed by atoms with Gasteiger partial charge in [0.05, 0.1) is 0 Å². The van der Waals surface area contributed by atoms with Crippen molar-refractivity contribution >= 4 is 11.8 Å². The van der Waals surface area contributed by atoms with E-state index < -0.39 is 12.1 Å². The molecule has 1 heterocycles. The van der Waals surface area contributed by atoms with E-state index in [1.54, 1.807) is 11.8 Å². The monoisotopic (exact) mass is 243 g/mol. The topological polar surface area (TPSA) is 84.7 Å². The molecule has 1 aliphatic heterocycles. The molecular weight excluding hydrogens is 222 g/mol. The lowest BCUT2D eigenvalue weighted by Gasteiger charge is -2.22. The number of carbonyl (C=O) groups is 2. The number of likely N-dealkylation sites (tertiary alicyclic amines) is 1. The summed E-state index contributed by atoms with van der Waals surface area (Å²) >= 11 is 0. The fourth-order valence-corrected chi connectivity index (χ4v) is 1.89. The van der Waals surface area contributed by atoms with Gasteiger partial charge in [-0.25, -0.2) is 0 Å². The van der Waals surface area contributed by atoms with E-state index in [9.17, 15) is 9.59 Å². The molecule has 6 heteroatoms. The van der Waals surface area contributed by atoms with Gasteiger partial charge in [0.15, 0.2) is 0 Å². The van der Waals surface area contributed by atoms with Crippen molar-refractivity contribution in [2.75, 3.05) is 26.7 Å². The van der Waals surface area contributed by atoms with Crippen LogP contribution in [0.25, 0.3) is 0 Å². The van der Waals surface area contributed by atoms with E-state index in [0.717, 1.165) is 25.9 Å². The van der Waals surface area contributed by atoms with Gasteiger partial charge >= 0.3 is 0 Å². The van der Waals surface area contributed by atoms with Gasteiger partial charge in [-0.2, -0.15) is 0 Å². The third-order valence-corrected chi connectivity index (χ3v) is 2.94. The van der Waals surface area contributed by atoms with Crippen LogP contribution in [0.5, 0.6) is 0 Å². The molecule has 1 aliphatic rings. The van der Waals surface area contributed by atoms with Crippen molar-refractivity contribution in [2.24, 2.45) is 5.73 Å². The molecule has 0 aromatic rings. The SMILES string of the molecule is COC(CN)C(=O)NC(C)C(=O)N1CCCC1. The van der Waals surface area contributed by atoms with E-state index in [2.05, 4.69) is 5.32 Å². The van der Waals surface area contributed by atoms with Crippen molar-refractivity contribution in [3.8, 4) is 0 Å². The lowest BCUT2D eigenvalue weighted by atomic mass is 10.2. The normalized spacial score (nSPS) is 18.9. The second-order valence-corrected chi connectivity index (χ2v) is 4.22. The second-order valence-electron chi connectivity index (χ2n) is 4.22. The van der Waals surface area contributed by atoms with Gasteiger partial charge in [-0.3, -0.25) is 9.59 Å². The van der Waals surface area contributed by atoms with E-state index in [1.807, 2.05) is 0 Å². The molecule has 0 aliphatic carbocycles. The van der Waals surface area contributed by atoms with Crippen LogP contribution in [0.4, 0.5) is 0 Å². The number of nitrogens with zero attached hydrogens (tertiary/aromatic N) is 1. The molecule has 0 saturated carbocycles. The van der Waals surface area contributed by atoms with Crippen LogP contribution in [-0.4, -0.2) is 55.6 Å². The molecule has 3 N–H and O–H groups in total. The molecule has 0 radical (unpaired) electrons. The molecule has 2 unspecified atom stereocenters. The molecule has 1 rings (SSSR count). The minimum Gasteiger partial charge on any atom is -0.370 e. The average molecular weight is 243 g/mol. The number of methoxy groups -OCH3 is 1. The first-order chi connectivity index (χ1) is 8.10. The first-order valence-electron chi connectivity index (χ1n) is 5.92. The Morgan fingerprint density at radius 2 is 2.00 bits per heavy atom. The van der Waals surface area contributed by atoms with Crippen LogP contribution >= 0.6 is 0 Å². The van der Waals surface area contributed by atoms with Crippen LogP contribution in [0.1, 0.15) is 19.8 Å². The summed E-state index contributed by atoms with van der Waals surface area (Å²) in [5.41, 5.74) is 5.38. The van der Waals surface area contributed by atoms with Crippen LogP contribution in [-0.2, 0) is 14.3 Å². The number of nitrogens with one attached hydrogen (secondary N) is 1. The lowest BCUT2D eigenvalue weighted by Crippen LogP contribution is -2.50. The van der Waals surface area contributed by atoms with Gasteiger partial charge in [0.25, 0.3) is 5.91 Å². The van der Waals surface area contributed by atoms with Gasteiger partial charge in [-0.05, 0) is 19.8 Å². The molecule has 1 saturated heterocycles. The summed E-state index contributed by atoms with van der Waals surface area (Å²) in [6.45, 7) is 3.35. The van der Waals surface area contributed by atoms with Crippen molar-refractivity contribution in [3.05, 3.63) is 0 Å². The Morgan fingerprint density at radius 1 is 1.41 bits per heavy atom. The van der Waals surface area contributed by atoms with Gasteiger partial charge in [-0.15, -0.1) is 0 Å². The van der Waals surface area contributed by atoms with Gasteiger partial charge in [-0.1, -0.05) is 0 Å². The van der Waals surface area contributed by atoms with Crippen LogP contribution in [0.2, 0.25) is 0 Å². The number of hydrogen-bond donors (Lipinski definition) is 2. The molecule has 2 atom stereocenters. The van der Waals surface area contributed by atoms with E-state index in [-0.39, 0.29) is 18.4 Å². The summed E-state index contributed by atoms with van der Waals surface area (Å²) in [6, 6.07) is -0.523. The Kier molecular flexibility index (Phi) is 5.37. The van der Waals surface area contributed by atoms with E-state index >= 15 is 0 Å². The quantitative estimate of drug-likeness (QED) is 0.654. The summed E-state index contributed by atoms with van der Waals surface area (Å²) in [4.78, 5) is 25.3. The third-order valence-electron chi connectivity index (χ3n) is 2.94. The largest absolute Gasteiger partial charge is 0.370 e. The Hall–Kier alpha value is -1.14. The highest BCUT2D eigenvalue weighted by molar-refractivity contribution is 5.89. The van der Waals surface area contributed by atoms with Gasteiger partial charge in [0.1, 0.15) is 12.1 Å². The number of hydrogen-bond acceptors (Lipinski definition) is 4. The zero-order valence-corrected chi connectivity index (χ0v) is 10.4. The molecule has 98 valence electrons. The minimum atomic E-state index is -0.691. The van der Waals surface area contributed by atoms with Crippen molar-refractivity contribution in [1.82, 2.24) is 10.2 Å². The van der Waals surface area contributed by atoms with E-state index in [0.29, 0.717) is 0 Å². The molecule has 17 heavy (non-hydrogen) atoms. The second kappa shape index (κ2) is 6.56. The standard InChI is InChI=1S/C11H21N3O3/c1-8(11(16)14-5-3-4-6-14)13-10(15)9(7-12)17-2/h8-9H,3-7,12H2,1-2H3,(H,13,15). The predicted octanol–water partition coefficient (Wildman–Crippen LogP) is -0.913. The van der Waals surface area contributed by atoms with Crippen molar-refractivity contribution in [2.45, 2.75) is 31.9 Å². The first-order valence-corrected chi connectivity index (χ1v) is 5.92. The lowest BCUT2D eigenvalue weighted by molar-refractivity contribution is -0.138. The average Bonchev–Trinajstić information content (AvgIpc) is 2.83. The predicted molar refractivity (Wildman–Crippen MR) is 63.3 cm³/mol. The van der Waals surface area contributed by atoms with Crippen LogP contribution in [0.15, 0.2) is 0 Å². The molecule has 2 amide bonds. The molecule has 1 fully saturated rings. The molecule has 0 bridgehead atoms.